The van der Waals surface area contributed by atoms with E-state index < -0.39 is 0 Å². The van der Waals surface area contributed by atoms with E-state index in [0.717, 1.165) is 28.0 Å². The van der Waals surface area contributed by atoms with Gasteiger partial charge in [0.25, 0.3) is 0 Å². The standard InChI is InChI=1S/C18H14ClN3/c1-11-12(2)21-18-16(10-20-22(18)17(11)19)15-8-7-13-5-3-4-6-14(13)9-15/h3-10H,1-2H3. The Balaban J connectivity index is 2.00. The van der Waals surface area contributed by atoms with Gasteiger partial charge in [0.1, 0.15) is 5.15 Å². The summed E-state index contributed by atoms with van der Waals surface area (Å²) in [5.41, 5.74) is 4.78. The number of fused-ring (bicyclic) bond motifs is 2. The lowest BCUT2D eigenvalue weighted by molar-refractivity contribution is 0.916. The van der Waals surface area contributed by atoms with Crippen molar-refractivity contribution in [3.63, 3.8) is 0 Å². The van der Waals surface area contributed by atoms with Crippen LogP contribution in [-0.4, -0.2) is 14.6 Å². The summed E-state index contributed by atoms with van der Waals surface area (Å²) in [5.74, 6) is 0. The Labute approximate surface area is 133 Å². The third-order valence-corrected chi connectivity index (χ3v) is 4.56. The number of halogens is 1. The summed E-state index contributed by atoms with van der Waals surface area (Å²) in [5, 5.41) is 7.44. The summed E-state index contributed by atoms with van der Waals surface area (Å²) in [6.07, 6.45) is 1.83. The maximum Gasteiger partial charge on any atom is 0.164 e. The number of aryl methyl sites for hydroxylation is 1. The predicted octanol–water partition coefficient (Wildman–Crippen LogP) is 4.82. The van der Waals surface area contributed by atoms with Gasteiger partial charge in [-0.15, -0.1) is 0 Å². The van der Waals surface area contributed by atoms with E-state index in [0.29, 0.717) is 5.15 Å². The first-order chi connectivity index (χ1) is 10.6. The van der Waals surface area contributed by atoms with Crippen molar-refractivity contribution in [2.45, 2.75) is 13.8 Å². The van der Waals surface area contributed by atoms with Gasteiger partial charge in [-0.05, 0) is 36.2 Å². The van der Waals surface area contributed by atoms with E-state index in [1.807, 2.05) is 32.2 Å². The molecular formula is C18H14ClN3. The fourth-order valence-electron chi connectivity index (χ4n) is 2.70. The summed E-state index contributed by atoms with van der Waals surface area (Å²) in [6, 6.07) is 14.7. The molecule has 0 aliphatic carbocycles. The minimum atomic E-state index is 0.620. The zero-order chi connectivity index (χ0) is 15.3. The molecule has 0 aliphatic rings. The molecule has 0 amide bonds. The number of nitrogens with zero attached hydrogens (tertiary/aromatic N) is 3. The van der Waals surface area contributed by atoms with E-state index in [1.54, 1.807) is 4.52 Å². The lowest BCUT2D eigenvalue weighted by Gasteiger charge is -2.06. The van der Waals surface area contributed by atoms with Crippen LogP contribution in [0.3, 0.4) is 0 Å². The SMILES string of the molecule is Cc1nc2c(-c3ccc4ccccc4c3)cnn2c(Cl)c1C. The highest BCUT2D eigenvalue weighted by Crippen LogP contribution is 2.29. The molecule has 0 atom stereocenters. The van der Waals surface area contributed by atoms with Crippen LogP contribution in [0, 0.1) is 13.8 Å². The molecule has 22 heavy (non-hydrogen) atoms. The summed E-state index contributed by atoms with van der Waals surface area (Å²) >= 11 is 6.39. The maximum atomic E-state index is 6.39. The Bertz CT molecular complexity index is 1020. The second-order valence-corrected chi connectivity index (χ2v) is 5.83. The lowest BCUT2D eigenvalue weighted by atomic mass is 10.0. The Morgan fingerprint density at radius 1 is 1.00 bits per heavy atom. The first-order valence-electron chi connectivity index (χ1n) is 7.15. The maximum absolute atomic E-state index is 6.39. The smallest absolute Gasteiger partial charge is 0.164 e. The second-order valence-electron chi connectivity index (χ2n) is 5.47. The summed E-state index contributed by atoms with van der Waals surface area (Å²) < 4.78 is 1.70. The van der Waals surface area contributed by atoms with Crippen molar-refractivity contribution in [1.29, 1.82) is 0 Å². The predicted molar refractivity (Wildman–Crippen MR) is 90.4 cm³/mol. The van der Waals surface area contributed by atoms with Gasteiger partial charge >= 0.3 is 0 Å². The molecule has 108 valence electrons. The highest BCUT2D eigenvalue weighted by Gasteiger charge is 2.14. The van der Waals surface area contributed by atoms with Gasteiger partial charge < -0.3 is 0 Å². The molecule has 4 heteroatoms. The molecule has 4 rings (SSSR count). The zero-order valence-electron chi connectivity index (χ0n) is 12.3. The van der Waals surface area contributed by atoms with Gasteiger partial charge in [-0.3, -0.25) is 0 Å². The Morgan fingerprint density at radius 3 is 2.59 bits per heavy atom. The molecule has 0 unspecified atom stereocenters. The van der Waals surface area contributed by atoms with E-state index in [2.05, 4.69) is 40.4 Å². The third kappa shape index (κ3) is 1.90. The molecule has 0 radical (unpaired) electrons. The third-order valence-electron chi connectivity index (χ3n) is 4.12. The van der Waals surface area contributed by atoms with Crippen LogP contribution in [0.5, 0.6) is 0 Å². The first kappa shape index (κ1) is 13.3. The molecule has 4 aromatic rings. The number of benzene rings is 2. The van der Waals surface area contributed by atoms with Gasteiger partial charge in [0.05, 0.1) is 6.20 Å². The molecule has 0 N–H and O–H groups in total. The minimum Gasteiger partial charge on any atom is -0.233 e. The van der Waals surface area contributed by atoms with E-state index >= 15 is 0 Å². The van der Waals surface area contributed by atoms with Crippen molar-refractivity contribution in [3.8, 4) is 11.1 Å². The molecule has 0 saturated heterocycles. The number of hydrogen-bond donors (Lipinski definition) is 0. The fraction of sp³-hybridized carbons (Fsp3) is 0.111. The van der Waals surface area contributed by atoms with Crippen molar-refractivity contribution in [1.82, 2.24) is 14.6 Å². The van der Waals surface area contributed by atoms with E-state index in [9.17, 15) is 0 Å². The van der Waals surface area contributed by atoms with Crippen LogP contribution in [0.15, 0.2) is 48.7 Å². The van der Waals surface area contributed by atoms with Crippen LogP contribution in [-0.2, 0) is 0 Å². The molecule has 0 aliphatic heterocycles. The van der Waals surface area contributed by atoms with Crippen LogP contribution >= 0.6 is 11.6 Å². The van der Waals surface area contributed by atoms with Crippen LogP contribution in [0.1, 0.15) is 11.3 Å². The molecule has 2 aromatic heterocycles. The highest BCUT2D eigenvalue weighted by molar-refractivity contribution is 6.30. The van der Waals surface area contributed by atoms with Gasteiger partial charge in [0.2, 0.25) is 0 Å². The number of aromatic nitrogens is 3. The zero-order valence-corrected chi connectivity index (χ0v) is 13.1. The van der Waals surface area contributed by atoms with Gasteiger partial charge in [0, 0.05) is 16.8 Å². The lowest BCUT2D eigenvalue weighted by Crippen LogP contribution is -1.99. The Morgan fingerprint density at radius 2 is 1.77 bits per heavy atom. The van der Waals surface area contributed by atoms with Crippen LogP contribution in [0.2, 0.25) is 5.15 Å². The molecular weight excluding hydrogens is 294 g/mol. The van der Waals surface area contributed by atoms with Crippen LogP contribution in [0.25, 0.3) is 27.5 Å². The minimum absolute atomic E-state index is 0.620. The molecule has 2 aromatic carbocycles. The highest BCUT2D eigenvalue weighted by atomic mass is 35.5. The molecule has 2 heterocycles. The monoisotopic (exact) mass is 307 g/mol. The number of hydrogen-bond acceptors (Lipinski definition) is 2. The van der Waals surface area contributed by atoms with Gasteiger partial charge in [-0.2, -0.15) is 5.10 Å². The van der Waals surface area contributed by atoms with Crippen molar-refractivity contribution < 1.29 is 0 Å². The Kier molecular flexibility index (Phi) is 2.91. The largest absolute Gasteiger partial charge is 0.233 e. The van der Waals surface area contributed by atoms with E-state index in [1.165, 1.54) is 10.8 Å². The topological polar surface area (TPSA) is 30.2 Å². The molecule has 0 spiro atoms. The summed E-state index contributed by atoms with van der Waals surface area (Å²) in [6.45, 7) is 3.93. The van der Waals surface area contributed by atoms with Crippen molar-refractivity contribution in [2.75, 3.05) is 0 Å². The van der Waals surface area contributed by atoms with Crippen molar-refractivity contribution >= 4 is 28.0 Å². The van der Waals surface area contributed by atoms with Gasteiger partial charge in [0.15, 0.2) is 5.65 Å². The van der Waals surface area contributed by atoms with E-state index in [4.69, 9.17) is 11.6 Å². The van der Waals surface area contributed by atoms with Crippen molar-refractivity contribution in [2.24, 2.45) is 0 Å². The molecule has 3 nitrogen and oxygen atoms in total. The molecule has 0 saturated carbocycles. The fourth-order valence-corrected chi connectivity index (χ4v) is 2.97. The van der Waals surface area contributed by atoms with Crippen molar-refractivity contribution in [3.05, 3.63) is 65.1 Å². The molecule has 0 bridgehead atoms. The number of rotatable bonds is 1. The van der Waals surface area contributed by atoms with Crippen LogP contribution < -0.4 is 0 Å². The summed E-state index contributed by atoms with van der Waals surface area (Å²) in [7, 11) is 0. The van der Waals surface area contributed by atoms with E-state index in [-0.39, 0.29) is 0 Å². The molecule has 0 fully saturated rings. The summed E-state index contributed by atoms with van der Waals surface area (Å²) in [4.78, 5) is 4.67. The Hall–Kier alpha value is -2.39. The average molecular weight is 308 g/mol. The van der Waals surface area contributed by atoms with Crippen LogP contribution in [0.4, 0.5) is 0 Å². The van der Waals surface area contributed by atoms with Gasteiger partial charge in [-0.25, -0.2) is 9.50 Å². The first-order valence-corrected chi connectivity index (χ1v) is 7.52. The van der Waals surface area contributed by atoms with Gasteiger partial charge in [-0.1, -0.05) is 48.0 Å². The quantitative estimate of drug-likeness (QED) is 0.472. The second kappa shape index (κ2) is 4.82. The normalized spacial score (nSPS) is 11.4. The average Bonchev–Trinajstić information content (AvgIpc) is 2.96.